The summed E-state index contributed by atoms with van der Waals surface area (Å²) < 4.78 is 3.58. The zero-order valence-electron chi connectivity index (χ0n) is 10.3. The van der Waals surface area contributed by atoms with Crippen LogP contribution in [0.5, 0.6) is 0 Å². The van der Waals surface area contributed by atoms with Crippen LogP contribution in [0.1, 0.15) is 11.3 Å². The van der Waals surface area contributed by atoms with E-state index in [1.165, 1.54) is 0 Å². The fourth-order valence-corrected chi connectivity index (χ4v) is 1.92. The standard InChI is InChI=1S/C12H14N6/c1-9-5-11(18-12(6-9)14-8-15-18)13-7-10-3-4-17(2)16-10/h3-6,8,13H,7H2,1-2H3. The molecular formula is C12H14N6. The van der Waals surface area contributed by atoms with E-state index in [0.717, 1.165) is 22.7 Å². The maximum Gasteiger partial charge on any atom is 0.157 e. The van der Waals surface area contributed by atoms with Crippen LogP contribution in [-0.4, -0.2) is 24.4 Å². The minimum atomic E-state index is 0.666. The molecule has 0 aliphatic carbocycles. The van der Waals surface area contributed by atoms with Crippen molar-refractivity contribution in [3.8, 4) is 0 Å². The van der Waals surface area contributed by atoms with Crippen molar-refractivity contribution in [1.82, 2.24) is 24.4 Å². The Hall–Kier alpha value is -2.37. The molecule has 0 atom stereocenters. The molecule has 1 N–H and O–H groups in total. The van der Waals surface area contributed by atoms with Crippen molar-refractivity contribution in [3.63, 3.8) is 0 Å². The molecule has 3 rings (SSSR count). The van der Waals surface area contributed by atoms with Gasteiger partial charge in [0.15, 0.2) is 5.65 Å². The summed E-state index contributed by atoms with van der Waals surface area (Å²) in [4.78, 5) is 4.19. The van der Waals surface area contributed by atoms with E-state index in [0.29, 0.717) is 6.54 Å². The molecule has 0 spiro atoms. The van der Waals surface area contributed by atoms with Crippen LogP contribution in [0.2, 0.25) is 0 Å². The van der Waals surface area contributed by atoms with E-state index >= 15 is 0 Å². The molecule has 0 fully saturated rings. The number of hydrogen-bond acceptors (Lipinski definition) is 4. The zero-order chi connectivity index (χ0) is 12.5. The molecule has 0 amide bonds. The van der Waals surface area contributed by atoms with E-state index in [9.17, 15) is 0 Å². The van der Waals surface area contributed by atoms with E-state index in [4.69, 9.17) is 0 Å². The van der Waals surface area contributed by atoms with Crippen LogP contribution in [0.4, 0.5) is 5.82 Å². The predicted molar refractivity (Wildman–Crippen MR) is 68.3 cm³/mol. The largest absolute Gasteiger partial charge is 0.364 e. The molecule has 92 valence electrons. The molecule has 0 saturated heterocycles. The lowest BCUT2D eigenvalue weighted by Crippen LogP contribution is -2.06. The van der Waals surface area contributed by atoms with Crippen LogP contribution >= 0.6 is 0 Å². The fourth-order valence-electron chi connectivity index (χ4n) is 1.92. The third-order valence-electron chi connectivity index (χ3n) is 2.74. The summed E-state index contributed by atoms with van der Waals surface area (Å²) >= 11 is 0. The van der Waals surface area contributed by atoms with Gasteiger partial charge in [-0.2, -0.15) is 14.7 Å². The smallest absolute Gasteiger partial charge is 0.157 e. The van der Waals surface area contributed by atoms with Gasteiger partial charge < -0.3 is 5.32 Å². The van der Waals surface area contributed by atoms with Crippen molar-refractivity contribution in [2.75, 3.05) is 5.32 Å². The zero-order valence-corrected chi connectivity index (χ0v) is 10.3. The Bertz CT molecular complexity index is 681. The molecule has 6 heteroatoms. The fraction of sp³-hybridized carbons (Fsp3) is 0.250. The van der Waals surface area contributed by atoms with Gasteiger partial charge in [-0.15, -0.1) is 0 Å². The van der Waals surface area contributed by atoms with Crippen molar-refractivity contribution in [1.29, 1.82) is 0 Å². The van der Waals surface area contributed by atoms with Gasteiger partial charge in [0, 0.05) is 13.2 Å². The number of nitrogens with zero attached hydrogens (tertiary/aromatic N) is 5. The molecule has 0 bridgehead atoms. The number of rotatable bonds is 3. The minimum absolute atomic E-state index is 0.666. The summed E-state index contributed by atoms with van der Waals surface area (Å²) in [7, 11) is 1.91. The maximum atomic E-state index is 4.32. The predicted octanol–water partition coefficient (Wildman–Crippen LogP) is 1.38. The van der Waals surface area contributed by atoms with Gasteiger partial charge in [0.05, 0.1) is 12.2 Å². The number of anilines is 1. The Morgan fingerprint density at radius 1 is 1.33 bits per heavy atom. The maximum absolute atomic E-state index is 4.32. The normalized spacial score (nSPS) is 11.0. The lowest BCUT2D eigenvalue weighted by Gasteiger charge is -2.07. The number of fused-ring (bicyclic) bond motifs is 1. The molecule has 0 saturated carbocycles. The number of pyridine rings is 1. The summed E-state index contributed by atoms with van der Waals surface area (Å²) in [5, 5.41) is 11.8. The van der Waals surface area contributed by atoms with Gasteiger partial charge in [0.1, 0.15) is 12.1 Å². The van der Waals surface area contributed by atoms with Crippen LogP contribution in [-0.2, 0) is 13.6 Å². The first kappa shape index (κ1) is 10.8. The third kappa shape index (κ3) is 1.92. The summed E-state index contributed by atoms with van der Waals surface area (Å²) in [6.45, 7) is 2.71. The molecular weight excluding hydrogens is 228 g/mol. The van der Waals surface area contributed by atoms with Gasteiger partial charge in [0.25, 0.3) is 0 Å². The highest BCUT2D eigenvalue weighted by molar-refractivity contribution is 5.51. The quantitative estimate of drug-likeness (QED) is 0.754. The van der Waals surface area contributed by atoms with Crippen molar-refractivity contribution >= 4 is 11.5 Å². The van der Waals surface area contributed by atoms with Crippen molar-refractivity contribution in [2.24, 2.45) is 7.05 Å². The lowest BCUT2D eigenvalue weighted by atomic mass is 10.3. The second-order valence-corrected chi connectivity index (χ2v) is 4.28. The Labute approximate surface area is 104 Å². The number of hydrogen-bond donors (Lipinski definition) is 1. The van der Waals surface area contributed by atoms with Gasteiger partial charge in [-0.1, -0.05) is 0 Å². The highest BCUT2D eigenvalue weighted by Gasteiger charge is 2.04. The second kappa shape index (κ2) is 4.14. The monoisotopic (exact) mass is 242 g/mol. The van der Waals surface area contributed by atoms with Gasteiger partial charge in [-0.3, -0.25) is 4.68 Å². The van der Waals surface area contributed by atoms with Crippen LogP contribution < -0.4 is 5.32 Å². The third-order valence-corrected chi connectivity index (χ3v) is 2.74. The van der Waals surface area contributed by atoms with Crippen LogP contribution in [0.15, 0.2) is 30.7 Å². The Morgan fingerprint density at radius 3 is 3.00 bits per heavy atom. The molecule has 18 heavy (non-hydrogen) atoms. The number of aromatic nitrogens is 5. The first-order valence-electron chi connectivity index (χ1n) is 5.75. The molecule has 3 aromatic rings. The first-order valence-corrected chi connectivity index (χ1v) is 5.75. The van der Waals surface area contributed by atoms with Crippen LogP contribution in [0.25, 0.3) is 5.65 Å². The van der Waals surface area contributed by atoms with E-state index in [-0.39, 0.29) is 0 Å². The molecule has 6 nitrogen and oxygen atoms in total. The van der Waals surface area contributed by atoms with Crippen molar-refractivity contribution in [2.45, 2.75) is 13.5 Å². The second-order valence-electron chi connectivity index (χ2n) is 4.28. The summed E-state index contributed by atoms with van der Waals surface area (Å²) in [5.74, 6) is 0.924. The Kier molecular flexibility index (Phi) is 2.47. The van der Waals surface area contributed by atoms with Gasteiger partial charge in [-0.05, 0) is 30.7 Å². The van der Waals surface area contributed by atoms with Crippen LogP contribution in [0, 0.1) is 6.92 Å². The summed E-state index contributed by atoms with van der Waals surface area (Å²) in [6.07, 6.45) is 3.49. The molecule has 3 heterocycles. The summed E-state index contributed by atoms with van der Waals surface area (Å²) in [5.41, 5.74) is 2.99. The number of aryl methyl sites for hydroxylation is 2. The van der Waals surface area contributed by atoms with E-state index in [2.05, 4.69) is 20.5 Å². The first-order chi connectivity index (χ1) is 8.72. The molecule has 0 radical (unpaired) electrons. The van der Waals surface area contributed by atoms with Crippen molar-refractivity contribution < 1.29 is 0 Å². The van der Waals surface area contributed by atoms with Gasteiger partial charge in [-0.25, -0.2) is 4.98 Å². The summed E-state index contributed by atoms with van der Waals surface area (Å²) in [6, 6.07) is 6.03. The van der Waals surface area contributed by atoms with E-state index in [1.54, 1.807) is 15.5 Å². The van der Waals surface area contributed by atoms with Crippen molar-refractivity contribution in [3.05, 3.63) is 42.0 Å². The topological polar surface area (TPSA) is 60.0 Å². The van der Waals surface area contributed by atoms with E-state index < -0.39 is 0 Å². The van der Waals surface area contributed by atoms with Crippen LogP contribution in [0.3, 0.4) is 0 Å². The van der Waals surface area contributed by atoms with Gasteiger partial charge in [0.2, 0.25) is 0 Å². The van der Waals surface area contributed by atoms with E-state index in [1.807, 2.05) is 38.4 Å². The molecule has 0 aliphatic rings. The Balaban J connectivity index is 1.87. The molecule has 0 aromatic carbocycles. The molecule has 0 aliphatic heterocycles. The average molecular weight is 242 g/mol. The SMILES string of the molecule is Cc1cc(NCc2ccn(C)n2)n2ncnc2c1. The Morgan fingerprint density at radius 2 is 2.22 bits per heavy atom. The lowest BCUT2D eigenvalue weighted by molar-refractivity contribution is 0.746. The minimum Gasteiger partial charge on any atom is -0.364 e. The number of nitrogens with one attached hydrogen (secondary N) is 1. The highest BCUT2D eigenvalue weighted by atomic mass is 15.3. The van der Waals surface area contributed by atoms with Gasteiger partial charge >= 0.3 is 0 Å². The highest BCUT2D eigenvalue weighted by Crippen LogP contribution is 2.13. The average Bonchev–Trinajstić information content (AvgIpc) is 2.94. The molecule has 0 unspecified atom stereocenters. The molecule has 3 aromatic heterocycles.